The first-order chi connectivity index (χ1) is 9.58. The molecule has 0 bridgehead atoms. The number of rotatable bonds is 2. The molecule has 0 fully saturated rings. The third-order valence-corrected chi connectivity index (χ3v) is 2.60. The summed E-state index contributed by atoms with van der Waals surface area (Å²) in [7, 11) is 0. The summed E-state index contributed by atoms with van der Waals surface area (Å²) in [5.41, 5.74) is -0.170. The lowest BCUT2D eigenvalue weighted by molar-refractivity contribution is -0.385. The Morgan fingerprint density at radius 2 is 2.05 bits per heavy atom. The first-order valence-electron chi connectivity index (χ1n) is 5.30. The molecule has 3 rings (SSSR count). The van der Waals surface area contributed by atoms with Crippen molar-refractivity contribution in [1.82, 2.24) is 24.6 Å². The summed E-state index contributed by atoms with van der Waals surface area (Å²) in [5.74, 6) is -0.888. The second-order valence-electron chi connectivity index (χ2n) is 3.76. The van der Waals surface area contributed by atoms with Crippen molar-refractivity contribution < 1.29 is 15.1 Å². The molecule has 0 saturated carbocycles. The van der Waals surface area contributed by atoms with E-state index in [2.05, 4.69) is 20.1 Å². The molecule has 0 aliphatic rings. The fourth-order valence-corrected chi connectivity index (χ4v) is 1.69. The van der Waals surface area contributed by atoms with Gasteiger partial charge in [-0.3, -0.25) is 10.1 Å². The van der Waals surface area contributed by atoms with E-state index in [4.69, 9.17) is 0 Å². The first kappa shape index (κ1) is 11.8. The molecule has 2 N–H and O–H groups in total. The van der Waals surface area contributed by atoms with Crippen molar-refractivity contribution in [2.45, 2.75) is 0 Å². The van der Waals surface area contributed by atoms with Gasteiger partial charge >= 0.3 is 0 Å². The predicted molar refractivity (Wildman–Crippen MR) is 64.0 cm³/mol. The molecule has 10 heteroatoms. The Balaban J connectivity index is 2.20. The van der Waals surface area contributed by atoms with Crippen LogP contribution in [0.3, 0.4) is 0 Å². The number of hydrogen-bond donors (Lipinski definition) is 2. The van der Waals surface area contributed by atoms with Crippen molar-refractivity contribution >= 4 is 11.5 Å². The fraction of sp³-hybridized carbons (Fsp3) is 0. The summed E-state index contributed by atoms with van der Waals surface area (Å²) < 4.78 is 1.01. The van der Waals surface area contributed by atoms with Gasteiger partial charge in [0.1, 0.15) is 18.1 Å². The molecular formula is C10H6N6O4. The zero-order valence-corrected chi connectivity index (χ0v) is 9.70. The van der Waals surface area contributed by atoms with Crippen molar-refractivity contribution in [2.75, 3.05) is 0 Å². The van der Waals surface area contributed by atoms with Gasteiger partial charge in [-0.05, 0) is 6.07 Å². The van der Waals surface area contributed by atoms with E-state index >= 15 is 0 Å². The maximum atomic E-state index is 10.6. The van der Waals surface area contributed by atoms with Gasteiger partial charge in [0, 0.05) is 6.07 Å². The molecule has 0 spiro atoms. The highest BCUT2D eigenvalue weighted by atomic mass is 16.6. The number of hydrogen-bond acceptors (Lipinski definition) is 8. The van der Waals surface area contributed by atoms with Crippen LogP contribution in [0.25, 0.3) is 17.0 Å². The largest absolute Gasteiger partial charge is 0.493 e. The first-order valence-corrected chi connectivity index (χ1v) is 5.30. The number of nitrogens with zero attached hydrogens (tertiary/aromatic N) is 6. The molecule has 3 heterocycles. The van der Waals surface area contributed by atoms with E-state index in [0.717, 1.165) is 17.0 Å². The molecule has 0 atom stereocenters. The van der Waals surface area contributed by atoms with Gasteiger partial charge in [-0.15, -0.1) is 0 Å². The standard InChI is InChI=1S/C10H6N6O4/c17-8-7(6-2-1-5(3-11-6)16(19)20)9(18)15-10(14-8)12-4-13-15/h1-4,18H,(H,12,13,14,17). The summed E-state index contributed by atoms with van der Waals surface area (Å²) in [4.78, 5) is 21.2. The zero-order valence-electron chi connectivity index (χ0n) is 9.70. The van der Waals surface area contributed by atoms with Crippen molar-refractivity contribution in [3.63, 3.8) is 0 Å². The van der Waals surface area contributed by atoms with Crippen molar-refractivity contribution in [2.24, 2.45) is 0 Å². The molecular weight excluding hydrogens is 268 g/mol. The van der Waals surface area contributed by atoms with E-state index in [1.807, 2.05) is 0 Å². The number of aromatic hydroxyl groups is 2. The highest BCUT2D eigenvalue weighted by Crippen LogP contribution is 2.34. The third kappa shape index (κ3) is 1.67. The van der Waals surface area contributed by atoms with E-state index in [1.165, 1.54) is 12.1 Å². The van der Waals surface area contributed by atoms with Crippen molar-refractivity contribution in [3.05, 3.63) is 34.8 Å². The Hall–Kier alpha value is -3.30. The molecule has 0 aliphatic carbocycles. The van der Waals surface area contributed by atoms with Gasteiger partial charge in [0.15, 0.2) is 0 Å². The summed E-state index contributed by atoms with van der Waals surface area (Å²) in [6.45, 7) is 0. The molecule has 0 unspecified atom stereocenters. The topological polar surface area (TPSA) is 140 Å². The summed E-state index contributed by atoms with van der Waals surface area (Å²) in [6.07, 6.45) is 2.17. The van der Waals surface area contributed by atoms with Crippen molar-refractivity contribution in [3.8, 4) is 23.0 Å². The average Bonchev–Trinajstić information content (AvgIpc) is 2.87. The smallest absolute Gasteiger partial charge is 0.287 e. The van der Waals surface area contributed by atoms with Crippen LogP contribution in [-0.2, 0) is 0 Å². The average molecular weight is 274 g/mol. The van der Waals surface area contributed by atoms with Crippen LogP contribution in [0.2, 0.25) is 0 Å². The quantitative estimate of drug-likeness (QED) is 0.508. The third-order valence-electron chi connectivity index (χ3n) is 2.60. The van der Waals surface area contributed by atoms with Crippen LogP contribution < -0.4 is 0 Å². The summed E-state index contributed by atoms with van der Waals surface area (Å²) in [6, 6.07) is 2.49. The summed E-state index contributed by atoms with van der Waals surface area (Å²) in [5, 5.41) is 34.1. The molecule has 0 aliphatic heterocycles. The molecule has 10 nitrogen and oxygen atoms in total. The molecule has 100 valence electrons. The number of pyridine rings is 1. The van der Waals surface area contributed by atoms with Gasteiger partial charge < -0.3 is 10.2 Å². The SMILES string of the molecule is O=[N+]([O-])c1ccc(-c2c(O)nc3ncnn3c2O)nc1. The fourth-order valence-electron chi connectivity index (χ4n) is 1.69. The zero-order chi connectivity index (χ0) is 14.3. The minimum atomic E-state index is -0.602. The molecule has 0 amide bonds. The molecule has 3 aromatic rings. The highest BCUT2D eigenvalue weighted by Gasteiger charge is 2.19. The van der Waals surface area contributed by atoms with Gasteiger partial charge in [0.2, 0.25) is 11.8 Å². The second-order valence-corrected chi connectivity index (χ2v) is 3.76. The van der Waals surface area contributed by atoms with E-state index in [1.54, 1.807) is 0 Å². The second kappa shape index (κ2) is 4.12. The van der Waals surface area contributed by atoms with E-state index in [9.17, 15) is 20.3 Å². The molecule has 3 aromatic heterocycles. The minimum Gasteiger partial charge on any atom is -0.493 e. The van der Waals surface area contributed by atoms with Gasteiger partial charge in [-0.2, -0.15) is 19.6 Å². The Kier molecular flexibility index (Phi) is 2.42. The molecule has 20 heavy (non-hydrogen) atoms. The van der Waals surface area contributed by atoms with Gasteiger partial charge in [0.25, 0.3) is 11.5 Å². The lowest BCUT2D eigenvalue weighted by atomic mass is 10.2. The molecule has 0 aromatic carbocycles. The Morgan fingerprint density at radius 3 is 2.70 bits per heavy atom. The Morgan fingerprint density at radius 1 is 1.25 bits per heavy atom. The highest BCUT2D eigenvalue weighted by molar-refractivity contribution is 5.71. The molecule has 0 radical (unpaired) electrons. The summed E-state index contributed by atoms with van der Waals surface area (Å²) >= 11 is 0. The predicted octanol–water partition coefficient (Wildman–Crippen LogP) is 0.506. The normalized spacial score (nSPS) is 10.8. The van der Waals surface area contributed by atoms with Crippen LogP contribution in [0.4, 0.5) is 5.69 Å². The molecule has 0 saturated heterocycles. The van der Waals surface area contributed by atoms with Crippen molar-refractivity contribution in [1.29, 1.82) is 0 Å². The van der Waals surface area contributed by atoms with Crippen LogP contribution in [0, 0.1) is 10.1 Å². The van der Waals surface area contributed by atoms with Gasteiger partial charge in [-0.25, -0.2) is 4.98 Å². The van der Waals surface area contributed by atoms with E-state index in [-0.39, 0.29) is 22.7 Å². The van der Waals surface area contributed by atoms with Crippen LogP contribution in [0.15, 0.2) is 24.7 Å². The lowest BCUT2D eigenvalue weighted by Gasteiger charge is -2.06. The van der Waals surface area contributed by atoms with Gasteiger partial charge in [-0.1, -0.05) is 0 Å². The van der Waals surface area contributed by atoms with E-state index in [0.29, 0.717) is 0 Å². The van der Waals surface area contributed by atoms with Crippen LogP contribution in [-0.4, -0.2) is 39.7 Å². The van der Waals surface area contributed by atoms with Crippen LogP contribution in [0.1, 0.15) is 0 Å². The maximum Gasteiger partial charge on any atom is 0.287 e. The maximum absolute atomic E-state index is 10.6. The van der Waals surface area contributed by atoms with Crippen LogP contribution >= 0.6 is 0 Å². The van der Waals surface area contributed by atoms with Gasteiger partial charge in [0.05, 0.1) is 10.6 Å². The van der Waals surface area contributed by atoms with E-state index < -0.39 is 16.7 Å². The lowest BCUT2D eigenvalue weighted by Crippen LogP contribution is -1.97. The number of aromatic nitrogens is 5. The van der Waals surface area contributed by atoms with Crippen LogP contribution in [0.5, 0.6) is 11.8 Å². The monoisotopic (exact) mass is 274 g/mol. The number of nitro groups is 1. The minimum absolute atomic E-state index is 0.0191. The number of fused-ring (bicyclic) bond motifs is 1. The Bertz CT molecular complexity index is 812. The Labute approximate surface area is 110 Å².